The second kappa shape index (κ2) is 15.2. The first-order valence-corrected chi connectivity index (χ1v) is 17.7. The number of rotatable bonds is 14. The van der Waals surface area contributed by atoms with Gasteiger partial charge in [0.1, 0.15) is 12.6 Å². The average molecular weight is 584 g/mol. The second-order valence-electron chi connectivity index (χ2n) is 8.63. The zero-order valence-corrected chi connectivity index (χ0v) is 25.3. The van der Waals surface area contributed by atoms with Crippen molar-refractivity contribution < 1.29 is 35.6 Å². The first-order valence-electron chi connectivity index (χ1n) is 12.8. The molecule has 1 aromatic carbocycles. The molecule has 0 bridgehead atoms. The molecular formula is C23H43N3O8P2S. The van der Waals surface area contributed by atoms with Crippen LogP contribution in [0.1, 0.15) is 33.3 Å². The summed E-state index contributed by atoms with van der Waals surface area (Å²) in [5.41, 5.74) is 0.964. The summed E-state index contributed by atoms with van der Waals surface area (Å²) in [7, 11) is -10.6. The van der Waals surface area contributed by atoms with E-state index in [4.69, 9.17) is 18.1 Å². The zero-order chi connectivity index (χ0) is 27.5. The van der Waals surface area contributed by atoms with Gasteiger partial charge in [-0.25, -0.2) is 8.42 Å². The number of hydrogen-bond donors (Lipinski definition) is 0. The first kappa shape index (κ1) is 32.6. The highest BCUT2D eigenvalue weighted by Crippen LogP contribution is 2.49. The van der Waals surface area contributed by atoms with E-state index in [2.05, 4.69) is 0 Å². The van der Waals surface area contributed by atoms with Crippen LogP contribution in [0.15, 0.2) is 29.2 Å². The lowest BCUT2D eigenvalue weighted by Gasteiger charge is -2.29. The minimum atomic E-state index is -3.79. The third-order valence-electron chi connectivity index (χ3n) is 5.77. The largest absolute Gasteiger partial charge is 0.344 e. The quantitative estimate of drug-likeness (QED) is 0.297. The first-order chi connectivity index (χ1) is 17.5. The highest BCUT2D eigenvalue weighted by molar-refractivity contribution is 7.89. The van der Waals surface area contributed by atoms with E-state index in [0.717, 1.165) is 5.56 Å². The molecule has 1 saturated heterocycles. The van der Waals surface area contributed by atoms with Gasteiger partial charge in [-0.1, -0.05) is 17.7 Å². The van der Waals surface area contributed by atoms with E-state index < -0.39 is 25.2 Å². The van der Waals surface area contributed by atoms with Gasteiger partial charge in [0.15, 0.2) is 0 Å². The van der Waals surface area contributed by atoms with Gasteiger partial charge in [0.25, 0.3) is 0 Å². The monoisotopic (exact) mass is 583 g/mol. The normalized spacial score (nSPS) is 17.9. The van der Waals surface area contributed by atoms with Crippen LogP contribution in [0.2, 0.25) is 0 Å². The van der Waals surface area contributed by atoms with Crippen molar-refractivity contribution in [3.05, 3.63) is 29.8 Å². The van der Waals surface area contributed by atoms with Crippen LogP contribution in [0, 0.1) is 6.92 Å². The fourth-order valence-corrected chi connectivity index (χ4v) is 9.04. The molecule has 0 N–H and O–H groups in total. The molecule has 0 amide bonds. The van der Waals surface area contributed by atoms with Crippen LogP contribution in [0.4, 0.5) is 0 Å². The van der Waals surface area contributed by atoms with E-state index in [1.54, 1.807) is 52.0 Å². The van der Waals surface area contributed by atoms with Gasteiger partial charge >= 0.3 is 15.2 Å². The third-order valence-corrected chi connectivity index (χ3v) is 11.8. The van der Waals surface area contributed by atoms with Crippen molar-refractivity contribution in [2.24, 2.45) is 0 Å². The van der Waals surface area contributed by atoms with E-state index in [1.165, 1.54) is 4.31 Å². The van der Waals surface area contributed by atoms with Crippen LogP contribution < -0.4 is 0 Å². The molecule has 2 rings (SSSR count). The van der Waals surface area contributed by atoms with Crippen LogP contribution in [0.25, 0.3) is 0 Å². The van der Waals surface area contributed by atoms with E-state index in [-0.39, 0.29) is 57.0 Å². The Labute approximate surface area is 222 Å². The fraction of sp³-hybridized carbons (Fsp3) is 0.739. The lowest BCUT2D eigenvalue weighted by atomic mass is 10.2. The van der Waals surface area contributed by atoms with Crippen molar-refractivity contribution in [3.63, 3.8) is 0 Å². The van der Waals surface area contributed by atoms with Crippen molar-refractivity contribution in [2.75, 3.05) is 78.3 Å². The molecule has 0 unspecified atom stereocenters. The topological polar surface area (TPSA) is 115 Å². The predicted molar refractivity (Wildman–Crippen MR) is 145 cm³/mol. The summed E-state index contributed by atoms with van der Waals surface area (Å²) in [6.07, 6.45) is 0.0467. The molecule has 0 atom stereocenters. The molecule has 37 heavy (non-hydrogen) atoms. The molecule has 1 aliphatic rings. The maximum Gasteiger partial charge on any atom is 0.344 e. The summed E-state index contributed by atoms with van der Waals surface area (Å²) in [6, 6.07) is 6.73. The van der Waals surface area contributed by atoms with Crippen LogP contribution in [-0.4, -0.2) is 101 Å². The maximum atomic E-state index is 13.6. The Kier molecular flexibility index (Phi) is 13.4. The Morgan fingerprint density at radius 2 is 1.03 bits per heavy atom. The summed E-state index contributed by atoms with van der Waals surface area (Å²) in [6.45, 7) is 11.8. The van der Waals surface area contributed by atoms with Crippen molar-refractivity contribution in [2.45, 2.75) is 39.5 Å². The molecule has 1 heterocycles. The smallest absolute Gasteiger partial charge is 0.308 e. The molecule has 14 heteroatoms. The van der Waals surface area contributed by atoms with Gasteiger partial charge in [0, 0.05) is 39.3 Å². The van der Waals surface area contributed by atoms with Gasteiger partial charge < -0.3 is 18.1 Å². The van der Waals surface area contributed by atoms with E-state index >= 15 is 0 Å². The number of nitrogens with zero attached hydrogens (tertiary/aromatic N) is 3. The van der Waals surface area contributed by atoms with E-state index in [0.29, 0.717) is 26.2 Å². The second-order valence-corrected chi connectivity index (χ2v) is 14.6. The molecule has 214 valence electrons. The highest BCUT2D eigenvalue weighted by atomic mass is 32.2. The van der Waals surface area contributed by atoms with Crippen LogP contribution >= 0.6 is 15.2 Å². The molecule has 1 aliphatic heterocycles. The van der Waals surface area contributed by atoms with Gasteiger partial charge in [-0.3, -0.25) is 18.9 Å². The minimum absolute atomic E-state index is 0.0233. The maximum absolute atomic E-state index is 13.6. The fourth-order valence-electron chi connectivity index (χ4n) is 4.02. The number of aryl methyl sites for hydroxylation is 1. The molecule has 0 spiro atoms. The highest BCUT2D eigenvalue weighted by Gasteiger charge is 2.33. The molecule has 0 saturated carbocycles. The Morgan fingerprint density at radius 1 is 0.676 bits per heavy atom. The number of benzene rings is 1. The molecule has 0 radical (unpaired) electrons. The lowest BCUT2D eigenvalue weighted by Crippen LogP contribution is -2.40. The Morgan fingerprint density at radius 3 is 1.38 bits per heavy atom. The summed E-state index contributed by atoms with van der Waals surface area (Å²) in [5.74, 6) is 0. The SMILES string of the molecule is CCOP(=O)(CN1CCN(CP(=O)(OCC)OCC)CCN(S(=O)(=O)c2ccc(C)cc2)CC1)OCC. The summed E-state index contributed by atoms with van der Waals surface area (Å²) in [5, 5.41) is 0. The van der Waals surface area contributed by atoms with Gasteiger partial charge in [-0.15, -0.1) is 0 Å². The Bertz CT molecular complexity index is 961. The van der Waals surface area contributed by atoms with Gasteiger partial charge in [0.05, 0.1) is 31.3 Å². The van der Waals surface area contributed by atoms with Gasteiger partial charge in [-0.05, 0) is 46.8 Å². The number of hydrogen-bond acceptors (Lipinski definition) is 10. The van der Waals surface area contributed by atoms with Crippen LogP contribution in [0.3, 0.4) is 0 Å². The standard InChI is InChI=1S/C23H43N3O8P2S/c1-6-31-35(27,32-7-2)20-24-14-15-25(21-36(28,33-8-3)34-9-4)17-19-26(18-16-24)37(29,30)23-12-10-22(5)11-13-23/h10-13H,6-9,14-21H2,1-5H3. The van der Waals surface area contributed by atoms with E-state index in [9.17, 15) is 17.5 Å². The van der Waals surface area contributed by atoms with Gasteiger partial charge in [0.2, 0.25) is 10.0 Å². The lowest BCUT2D eigenvalue weighted by molar-refractivity contribution is 0.179. The average Bonchev–Trinajstić information content (AvgIpc) is 2.91. The third kappa shape index (κ3) is 10.1. The molecule has 0 aliphatic carbocycles. The summed E-state index contributed by atoms with van der Waals surface area (Å²) in [4.78, 5) is 3.97. The summed E-state index contributed by atoms with van der Waals surface area (Å²) >= 11 is 0. The molecule has 1 fully saturated rings. The molecule has 11 nitrogen and oxygen atoms in total. The molecule has 1 aromatic rings. The van der Waals surface area contributed by atoms with Crippen molar-refractivity contribution in [1.29, 1.82) is 0 Å². The minimum Gasteiger partial charge on any atom is -0.308 e. The van der Waals surface area contributed by atoms with E-state index in [1.807, 2.05) is 16.7 Å². The number of sulfonamides is 1. The van der Waals surface area contributed by atoms with Crippen molar-refractivity contribution in [3.8, 4) is 0 Å². The molecular weight excluding hydrogens is 540 g/mol. The Hall–Kier alpha value is -0.650. The van der Waals surface area contributed by atoms with Crippen LogP contribution in [0.5, 0.6) is 0 Å². The zero-order valence-electron chi connectivity index (χ0n) is 22.7. The van der Waals surface area contributed by atoms with Gasteiger partial charge in [-0.2, -0.15) is 4.31 Å². The van der Waals surface area contributed by atoms with Crippen molar-refractivity contribution >= 4 is 25.2 Å². The van der Waals surface area contributed by atoms with Crippen LogP contribution in [-0.2, 0) is 37.2 Å². The predicted octanol–water partition coefficient (Wildman–Crippen LogP) is 4.05. The molecule has 0 aromatic heterocycles. The van der Waals surface area contributed by atoms with Crippen molar-refractivity contribution in [1.82, 2.24) is 14.1 Å². The summed E-state index contributed by atoms with van der Waals surface area (Å²) < 4.78 is 77.0. The Balaban J connectivity index is 2.35.